The van der Waals surface area contributed by atoms with Gasteiger partial charge >= 0.3 is 0 Å². The summed E-state index contributed by atoms with van der Waals surface area (Å²) in [7, 11) is 0. The van der Waals surface area contributed by atoms with E-state index in [0.29, 0.717) is 37.1 Å². The number of carbonyl (C=O) groups is 2. The molecule has 3 aromatic rings. The third-order valence-electron chi connectivity index (χ3n) is 6.50. The van der Waals surface area contributed by atoms with Crippen LogP contribution in [0.2, 0.25) is 0 Å². The molecule has 35 heavy (non-hydrogen) atoms. The van der Waals surface area contributed by atoms with Gasteiger partial charge in [-0.15, -0.1) is 0 Å². The van der Waals surface area contributed by atoms with Crippen LogP contribution >= 0.6 is 0 Å². The third kappa shape index (κ3) is 5.78. The van der Waals surface area contributed by atoms with Gasteiger partial charge in [0.05, 0.1) is 11.6 Å². The largest absolute Gasteiger partial charge is 0.312 e. The molecule has 0 radical (unpaired) electrons. The molecular weight excluding hydrogens is 434 g/mol. The second kappa shape index (κ2) is 11.5. The van der Waals surface area contributed by atoms with E-state index in [2.05, 4.69) is 13.0 Å². The Kier molecular flexibility index (Phi) is 7.95. The molecule has 178 valence electrons. The minimum absolute atomic E-state index is 0.00304. The summed E-state index contributed by atoms with van der Waals surface area (Å²) in [6.45, 7) is 3.50. The van der Waals surface area contributed by atoms with E-state index in [1.807, 2.05) is 70.5 Å². The lowest BCUT2D eigenvalue weighted by Gasteiger charge is -2.30. The van der Waals surface area contributed by atoms with Crippen LogP contribution in [0.15, 0.2) is 72.8 Å². The van der Waals surface area contributed by atoms with Crippen molar-refractivity contribution in [2.75, 3.05) is 22.9 Å². The van der Waals surface area contributed by atoms with Crippen LogP contribution in [0.5, 0.6) is 0 Å². The quantitative estimate of drug-likeness (QED) is 0.415. The van der Waals surface area contributed by atoms with Crippen LogP contribution in [0.4, 0.5) is 11.4 Å². The number of benzene rings is 3. The number of anilines is 2. The summed E-state index contributed by atoms with van der Waals surface area (Å²) in [5.74, 6) is 0.0833. The molecule has 1 heterocycles. The van der Waals surface area contributed by atoms with Crippen molar-refractivity contribution in [3.63, 3.8) is 0 Å². The van der Waals surface area contributed by atoms with Crippen molar-refractivity contribution in [1.82, 2.24) is 0 Å². The summed E-state index contributed by atoms with van der Waals surface area (Å²) in [6, 6.07) is 25.1. The molecule has 2 amide bonds. The molecule has 0 unspecified atom stereocenters. The highest BCUT2D eigenvalue weighted by molar-refractivity contribution is 6.07. The number of aryl methyl sites for hydroxylation is 2. The predicted octanol–water partition coefficient (Wildman–Crippen LogP) is 5.92. The number of nitriles is 1. The number of nitrogens with zero attached hydrogens (tertiary/aromatic N) is 3. The van der Waals surface area contributed by atoms with Gasteiger partial charge in [0.2, 0.25) is 5.91 Å². The molecule has 0 aliphatic carbocycles. The van der Waals surface area contributed by atoms with E-state index in [1.165, 1.54) is 0 Å². The number of hydrogen-bond acceptors (Lipinski definition) is 3. The fraction of sp³-hybridized carbons (Fsp3) is 0.300. The van der Waals surface area contributed by atoms with Gasteiger partial charge in [0.15, 0.2) is 0 Å². The molecule has 4 rings (SSSR count). The first kappa shape index (κ1) is 24.2. The standard InChI is InChI=1S/C30H31N3O2/c1-2-3-19-32(27-9-5-4-6-10-27)30(35)26-16-17-28-25(21-26)8-7-20-33(28)29(34)18-15-23-11-13-24(22-31)14-12-23/h4-6,9-14,16-17,21H,2-3,7-8,15,18-20H2,1H3. The topological polar surface area (TPSA) is 64.4 Å². The zero-order chi connectivity index (χ0) is 24.6. The highest BCUT2D eigenvalue weighted by Gasteiger charge is 2.25. The molecule has 5 nitrogen and oxygen atoms in total. The van der Waals surface area contributed by atoms with Crippen molar-refractivity contribution in [2.45, 2.75) is 45.4 Å². The SMILES string of the molecule is CCCCN(C(=O)c1ccc2c(c1)CCCN2C(=O)CCc1ccc(C#N)cc1)c1ccccc1. The van der Waals surface area contributed by atoms with Crippen LogP contribution in [0.3, 0.4) is 0 Å². The fourth-order valence-electron chi connectivity index (χ4n) is 4.55. The Morgan fingerprint density at radius 3 is 2.51 bits per heavy atom. The van der Waals surface area contributed by atoms with Crippen LogP contribution in [-0.4, -0.2) is 24.9 Å². The monoisotopic (exact) mass is 465 g/mol. The Hall–Kier alpha value is -3.91. The van der Waals surface area contributed by atoms with Gasteiger partial charge in [0.1, 0.15) is 0 Å². The van der Waals surface area contributed by atoms with Gasteiger partial charge in [-0.25, -0.2) is 0 Å². The second-order valence-electron chi connectivity index (χ2n) is 8.95. The van der Waals surface area contributed by atoms with Gasteiger partial charge < -0.3 is 9.80 Å². The van der Waals surface area contributed by atoms with E-state index >= 15 is 0 Å². The number of rotatable bonds is 8. The van der Waals surface area contributed by atoms with E-state index in [0.717, 1.165) is 48.2 Å². The summed E-state index contributed by atoms with van der Waals surface area (Å²) in [4.78, 5) is 30.3. The van der Waals surface area contributed by atoms with E-state index in [9.17, 15) is 9.59 Å². The first-order valence-corrected chi connectivity index (χ1v) is 12.4. The zero-order valence-corrected chi connectivity index (χ0v) is 20.2. The summed E-state index contributed by atoms with van der Waals surface area (Å²) < 4.78 is 0. The molecule has 0 aromatic heterocycles. The second-order valence-corrected chi connectivity index (χ2v) is 8.95. The summed E-state index contributed by atoms with van der Waals surface area (Å²) in [6.07, 6.45) is 4.73. The van der Waals surface area contributed by atoms with Crippen LogP contribution in [0, 0.1) is 11.3 Å². The molecule has 0 saturated heterocycles. The van der Waals surface area contributed by atoms with Crippen molar-refractivity contribution in [1.29, 1.82) is 5.26 Å². The van der Waals surface area contributed by atoms with Crippen molar-refractivity contribution in [3.8, 4) is 6.07 Å². The van der Waals surface area contributed by atoms with Crippen LogP contribution in [0.25, 0.3) is 0 Å². The number of unbranched alkanes of at least 4 members (excludes halogenated alkanes) is 1. The van der Waals surface area contributed by atoms with Crippen LogP contribution in [-0.2, 0) is 17.6 Å². The van der Waals surface area contributed by atoms with Gasteiger partial charge in [-0.3, -0.25) is 9.59 Å². The molecule has 0 N–H and O–H groups in total. The average Bonchev–Trinajstić information content (AvgIpc) is 2.92. The summed E-state index contributed by atoms with van der Waals surface area (Å²) in [5.41, 5.74) is 5.20. The molecule has 1 aliphatic rings. The lowest BCUT2D eigenvalue weighted by atomic mass is 9.97. The molecule has 5 heteroatoms. The Morgan fingerprint density at radius 2 is 1.80 bits per heavy atom. The lowest BCUT2D eigenvalue weighted by Crippen LogP contribution is -2.36. The first-order chi connectivity index (χ1) is 17.1. The van der Waals surface area contributed by atoms with Crippen molar-refractivity contribution >= 4 is 23.2 Å². The van der Waals surface area contributed by atoms with Gasteiger partial charge in [-0.1, -0.05) is 43.7 Å². The number of hydrogen-bond donors (Lipinski definition) is 0. The van der Waals surface area contributed by atoms with E-state index in [4.69, 9.17) is 5.26 Å². The van der Waals surface area contributed by atoms with Gasteiger partial charge in [0.25, 0.3) is 5.91 Å². The Balaban J connectivity index is 1.49. The molecule has 0 atom stereocenters. The van der Waals surface area contributed by atoms with Crippen molar-refractivity contribution in [3.05, 3.63) is 95.1 Å². The summed E-state index contributed by atoms with van der Waals surface area (Å²) in [5, 5.41) is 8.96. The lowest BCUT2D eigenvalue weighted by molar-refractivity contribution is -0.118. The van der Waals surface area contributed by atoms with E-state index in [-0.39, 0.29) is 11.8 Å². The first-order valence-electron chi connectivity index (χ1n) is 12.4. The molecule has 0 saturated carbocycles. The maximum Gasteiger partial charge on any atom is 0.258 e. The number of para-hydroxylation sites is 1. The number of amides is 2. The molecule has 0 spiro atoms. The zero-order valence-electron chi connectivity index (χ0n) is 20.2. The smallest absolute Gasteiger partial charge is 0.258 e. The van der Waals surface area contributed by atoms with Crippen molar-refractivity contribution < 1.29 is 9.59 Å². The van der Waals surface area contributed by atoms with E-state index in [1.54, 1.807) is 12.1 Å². The third-order valence-corrected chi connectivity index (χ3v) is 6.50. The Labute approximate surface area is 207 Å². The van der Waals surface area contributed by atoms with Crippen molar-refractivity contribution in [2.24, 2.45) is 0 Å². The highest BCUT2D eigenvalue weighted by atomic mass is 16.2. The summed E-state index contributed by atoms with van der Waals surface area (Å²) >= 11 is 0. The molecular formula is C30H31N3O2. The fourth-order valence-corrected chi connectivity index (χ4v) is 4.55. The Morgan fingerprint density at radius 1 is 1.03 bits per heavy atom. The average molecular weight is 466 g/mol. The number of carbonyl (C=O) groups excluding carboxylic acids is 2. The molecule has 3 aromatic carbocycles. The maximum absolute atomic E-state index is 13.5. The molecule has 0 fully saturated rings. The predicted molar refractivity (Wildman–Crippen MR) is 140 cm³/mol. The van der Waals surface area contributed by atoms with Gasteiger partial charge in [-0.2, -0.15) is 5.26 Å². The van der Waals surface area contributed by atoms with E-state index < -0.39 is 0 Å². The minimum Gasteiger partial charge on any atom is -0.312 e. The van der Waals surface area contributed by atoms with Crippen LogP contribution in [0.1, 0.15) is 59.7 Å². The minimum atomic E-state index is -0.00304. The van der Waals surface area contributed by atoms with Crippen LogP contribution < -0.4 is 9.80 Å². The molecule has 0 bridgehead atoms. The maximum atomic E-state index is 13.5. The molecule has 1 aliphatic heterocycles. The Bertz CT molecular complexity index is 1210. The van der Waals surface area contributed by atoms with Gasteiger partial charge in [0, 0.05) is 36.4 Å². The van der Waals surface area contributed by atoms with Gasteiger partial charge in [-0.05, 0) is 79.3 Å². The highest BCUT2D eigenvalue weighted by Crippen LogP contribution is 2.30. The normalized spacial score (nSPS) is 12.5. The number of fused-ring (bicyclic) bond motifs is 1.